The molecule has 0 saturated heterocycles. The summed E-state index contributed by atoms with van der Waals surface area (Å²) in [5.41, 5.74) is 0.568. The molecule has 0 aliphatic carbocycles. The van der Waals surface area contributed by atoms with Crippen LogP contribution in [0.1, 0.15) is 29.6 Å². The maximum Gasteiger partial charge on any atom is 0.338 e. The van der Waals surface area contributed by atoms with Gasteiger partial charge in [0.2, 0.25) is 0 Å². The third kappa shape index (κ3) is 9.18. The van der Waals surface area contributed by atoms with Gasteiger partial charge >= 0.3 is 5.97 Å². The first-order valence-electron chi connectivity index (χ1n) is 7.33. The molecule has 1 aromatic carbocycles. The number of ether oxygens (including phenoxy) is 3. The van der Waals surface area contributed by atoms with E-state index in [1.165, 1.54) is 0 Å². The van der Waals surface area contributed by atoms with E-state index in [9.17, 15) is 4.79 Å². The van der Waals surface area contributed by atoms with Gasteiger partial charge in [-0.3, -0.25) is 0 Å². The Labute approximate surface area is 125 Å². The standard InChI is InChI=1S/C16H24O5/c17-9-4-10-19-11-5-12-20-13-6-14-21-16(18)15-7-2-1-3-8-15/h1-3,7-8,17H,4-6,9-14H2. The first-order valence-corrected chi connectivity index (χ1v) is 7.33. The van der Waals surface area contributed by atoms with E-state index in [0.717, 1.165) is 6.42 Å². The molecule has 0 aliphatic heterocycles. The Hall–Kier alpha value is -1.43. The zero-order valence-corrected chi connectivity index (χ0v) is 12.3. The normalized spacial score (nSPS) is 10.5. The molecule has 0 heterocycles. The fraction of sp³-hybridized carbons (Fsp3) is 0.562. The second kappa shape index (κ2) is 12.3. The Kier molecular flexibility index (Phi) is 10.3. The first-order chi connectivity index (χ1) is 10.3. The van der Waals surface area contributed by atoms with Crippen LogP contribution in [-0.4, -0.2) is 50.7 Å². The average molecular weight is 296 g/mol. The molecule has 0 aromatic heterocycles. The van der Waals surface area contributed by atoms with E-state index in [4.69, 9.17) is 19.3 Å². The molecule has 0 unspecified atom stereocenters. The lowest BCUT2D eigenvalue weighted by atomic mass is 10.2. The van der Waals surface area contributed by atoms with Crippen LogP contribution in [0, 0.1) is 0 Å². The van der Waals surface area contributed by atoms with Crippen LogP contribution in [0.5, 0.6) is 0 Å². The number of rotatable bonds is 12. The van der Waals surface area contributed by atoms with Crippen LogP contribution in [0.4, 0.5) is 0 Å². The van der Waals surface area contributed by atoms with Gasteiger partial charge in [0.05, 0.1) is 12.2 Å². The van der Waals surface area contributed by atoms with Crippen molar-refractivity contribution in [2.24, 2.45) is 0 Å². The van der Waals surface area contributed by atoms with Crippen LogP contribution in [0.3, 0.4) is 0 Å². The van der Waals surface area contributed by atoms with E-state index < -0.39 is 0 Å². The molecule has 0 bridgehead atoms. The molecule has 0 saturated carbocycles. The zero-order valence-electron chi connectivity index (χ0n) is 12.3. The van der Waals surface area contributed by atoms with Crippen LogP contribution in [0.15, 0.2) is 30.3 Å². The van der Waals surface area contributed by atoms with Crippen LogP contribution in [-0.2, 0) is 14.2 Å². The molecule has 118 valence electrons. The number of hydrogen-bond acceptors (Lipinski definition) is 5. The molecule has 0 aliphatic rings. The molecule has 1 rings (SSSR count). The van der Waals surface area contributed by atoms with Crippen molar-refractivity contribution in [1.29, 1.82) is 0 Å². The Bertz CT molecular complexity index is 366. The number of aliphatic hydroxyl groups excluding tert-OH is 1. The summed E-state index contributed by atoms with van der Waals surface area (Å²) in [6.07, 6.45) is 2.19. The highest BCUT2D eigenvalue weighted by Gasteiger charge is 2.04. The van der Waals surface area contributed by atoms with Gasteiger partial charge in [0.25, 0.3) is 0 Å². The summed E-state index contributed by atoms with van der Waals surface area (Å²) >= 11 is 0. The number of aliphatic hydroxyl groups is 1. The van der Waals surface area contributed by atoms with Crippen molar-refractivity contribution in [3.05, 3.63) is 35.9 Å². The van der Waals surface area contributed by atoms with E-state index in [2.05, 4.69) is 0 Å². The van der Waals surface area contributed by atoms with Crippen LogP contribution in [0.2, 0.25) is 0 Å². The molecule has 0 atom stereocenters. The summed E-state index contributed by atoms with van der Waals surface area (Å²) in [4.78, 5) is 11.6. The van der Waals surface area contributed by atoms with Crippen molar-refractivity contribution in [3.63, 3.8) is 0 Å². The highest BCUT2D eigenvalue weighted by Crippen LogP contribution is 2.01. The van der Waals surface area contributed by atoms with Crippen LogP contribution >= 0.6 is 0 Å². The highest BCUT2D eigenvalue weighted by atomic mass is 16.5. The van der Waals surface area contributed by atoms with Crippen molar-refractivity contribution in [3.8, 4) is 0 Å². The van der Waals surface area contributed by atoms with Crippen LogP contribution in [0.25, 0.3) is 0 Å². The average Bonchev–Trinajstić information content (AvgIpc) is 2.53. The smallest absolute Gasteiger partial charge is 0.338 e. The topological polar surface area (TPSA) is 65.0 Å². The van der Waals surface area contributed by atoms with E-state index in [0.29, 0.717) is 51.4 Å². The maximum atomic E-state index is 11.6. The number of hydrogen-bond donors (Lipinski definition) is 1. The minimum Gasteiger partial charge on any atom is -0.462 e. The Morgan fingerprint density at radius 3 is 2.05 bits per heavy atom. The second-order valence-electron chi connectivity index (χ2n) is 4.51. The molecular formula is C16H24O5. The molecule has 5 heteroatoms. The Morgan fingerprint density at radius 1 is 0.857 bits per heavy atom. The molecule has 0 radical (unpaired) electrons. The summed E-state index contributed by atoms with van der Waals surface area (Å²) in [5.74, 6) is -0.298. The minimum absolute atomic E-state index is 0.165. The fourth-order valence-electron chi connectivity index (χ4n) is 1.62. The van der Waals surface area contributed by atoms with Gasteiger partial charge in [-0.2, -0.15) is 0 Å². The van der Waals surface area contributed by atoms with E-state index in [1.54, 1.807) is 12.1 Å². The number of carbonyl (C=O) groups is 1. The lowest BCUT2D eigenvalue weighted by Gasteiger charge is -2.06. The van der Waals surface area contributed by atoms with Gasteiger partial charge in [-0.1, -0.05) is 18.2 Å². The summed E-state index contributed by atoms with van der Waals surface area (Å²) in [5, 5.41) is 8.56. The summed E-state index contributed by atoms with van der Waals surface area (Å²) in [6.45, 7) is 2.96. The highest BCUT2D eigenvalue weighted by molar-refractivity contribution is 5.89. The van der Waals surface area contributed by atoms with Gasteiger partial charge in [-0.25, -0.2) is 4.79 Å². The van der Waals surface area contributed by atoms with Crippen molar-refractivity contribution < 1.29 is 24.1 Å². The lowest BCUT2D eigenvalue weighted by Crippen LogP contribution is -2.09. The Balaban J connectivity index is 1.88. The third-order valence-electron chi connectivity index (χ3n) is 2.70. The van der Waals surface area contributed by atoms with Gasteiger partial charge < -0.3 is 19.3 Å². The number of esters is 1. The van der Waals surface area contributed by atoms with Gasteiger partial charge in [0, 0.05) is 39.5 Å². The summed E-state index contributed by atoms with van der Waals surface area (Å²) < 4.78 is 15.8. The monoisotopic (exact) mass is 296 g/mol. The predicted molar refractivity (Wildman–Crippen MR) is 79.3 cm³/mol. The molecule has 5 nitrogen and oxygen atoms in total. The molecule has 1 N–H and O–H groups in total. The molecule has 0 fully saturated rings. The largest absolute Gasteiger partial charge is 0.462 e. The molecule has 1 aromatic rings. The number of carbonyl (C=O) groups excluding carboxylic acids is 1. The summed E-state index contributed by atoms with van der Waals surface area (Å²) in [6, 6.07) is 8.94. The second-order valence-corrected chi connectivity index (χ2v) is 4.51. The summed E-state index contributed by atoms with van der Waals surface area (Å²) in [7, 11) is 0. The van der Waals surface area contributed by atoms with Crippen molar-refractivity contribution in [2.75, 3.05) is 39.6 Å². The van der Waals surface area contributed by atoms with Crippen molar-refractivity contribution >= 4 is 5.97 Å². The SMILES string of the molecule is O=C(OCCCOCCCOCCCO)c1ccccc1. The van der Waals surface area contributed by atoms with Crippen molar-refractivity contribution in [2.45, 2.75) is 19.3 Å². The quantitative estimate of drug-likeness (QED) is 0.472. The van der Waals surface area contributed by atoms with Gasteiger partial charge in [-0.15, -0.1) is 0 Å². The molecule has 0 spiro atoms. The van der Waals surface area contributed by atoms with Gasteiger partial charge in [-0.05, 0) is 25.0 Å². The fourth-order valence-corrected chi connectivity index (χ4v) is 1.62. The minimum atomic E-state index is -0.298. The van der Waals surface area contributed by atoms with Crippen LogP contribution < -0.4 is 0 Å². The zero-order chi connectivity index (χ0) is 15.2. The third-order valence-corrected chi connectivity index (χ3v) is 2.70. The predicted octanol–water partition coefficient (Wildman–Crippen LogP) is 2.04. The lowest BCUT2D eigenvalue weighted by molar-refractivity contribution is 0.0420. The van der Waals surface area contributed by atoms with E-state index in [1.807, 2.05) is 18.2 Å². The van der Waals surface area contributed by atoms with E-state index in [-0.39, 0.29) is 12.6 Å². The maximum absolute atomic E-state index is 11.6. The first kappa shape index (κ1) is 17.6. The molecule has 21 heavy (non-hydrogen) atoms. The van der Waals surface area contributed by atoms with Gasteiger partial charge in [0.15, 0.2) is 0 Å². The Morgan fingerprint density at radius 2 is 1.43 bits per heavy atom. The molecule has 0 amide bonds. The molecular weight excluding hydrogens is 272 g/mol. The number of benzene rings is 1. The van der Waals surface area contributed by atoms with Crippen molar-refractivity contribution in [1.82, 2.24) is 0 Å². The van der Waals surface area contributed by atoms with E-state index >= 15 is 0 Å². The van der Waals surface area contributed by atoms with Gasteiger partial charge in [0.1, 0.15) is 0 Å².